The van der Waals surface area contributed by atoms with E-state index in [4.69, 9.17) is 0 Å². The summed E-state index contributed by atoms with van der Waals surface area (Å²) < 4.78 is 4.39. The van der Waals surface area contributed by atoms with Crippen LogP contribution in [0.4, 0.5) is 0 Å². The maximum atomic E-state index is 13.3. The van der Waals surface area contributed by atoms with Gasteiger partial charge in [0, 0.05) is 20.9 Å². The van der Waals surface area contributed by atoms with Gasteiger partial charge in [-0.25, -0.2) is 0 Å². The van der Waals surface area contributed by atoms with Crippen molar-refractivity contribution in [1.29, 1.82) is 0 Å². The van der Waals surface area contributed by atoms with E-state index in [-0.39, 0.29) is 5.43 Å². The lowest BCUT2D eigenvalue weighted by atomic mass is 10.1. The number of hydrogen-bond donors (Lipinski definition) is 0. The second-order valence-electron chi connectivity index (χ2n) is 6.16. The monoisotopic (exact) mass is 325 g/mol. The molecule has 3 heteroatoms. The van der Waals surface area contributed by atoms with Crippen molar-refractivity contribution >= 4 is 58.8 Å². The van der Waals surface area contributed by atoms with Gasteiger partial charge in [-0.1, -0.05) is 42.5 Å². The molecule has 0 aliphatic heterocycles. The second kappa shape index (κ2) is 4.13. The third kappa shape index (κ3) is 1.31. The van der Waals surface area contributed by atoms with Crippen molar-refractivity contribution in [3.63, 3.8) is 0 Å². The van der Waals surface area contributed by atoms with E-state index >= 15 is 0 Å². The van der Waals surface area contributed by atoms with Crippen LogP contribution >= 0.6 is 11.3 Å². The quantitative estimate of drug-likeness (QED) is 0.366. The average molecular weight is 325 g/mol. The van der Waals surface area contributed by atoms with E-state index in [0.717, 1.165) is 36.6 Å². The summed E-state index contributed by atoms with van der Waals surface area (Å²) in [5, 5.41) is 4.03. The van der Waals surface area contributed by atoms with E-state index in [1.165, 1.54) is 10.9 Å². The van der Waals surface area contributed by atoms with Gasteiger partial charge in [0.1, 0.15) is 0 Å². The molecular formula is C21H11NOS. The van der Waals surface area contributed by atoms with Crippen molar-refractivity contribution in [3.8, 4) is 0 Å². The lowest BCUT2D eigenvalue weighted by Crippen LogP contribution is -1.99. The molecule has 0 aliphatic rings. The molecule has 0 N–H and O–H groups in total. The van der Waals surface area contributed by atoms with Crippen LogP contribution in [0.1, 0.15) is 0 Å². The highest BCUT2D eigenvalue weighted by Crippen LogP contribution is 2.40. The summed E-state index contributed by atoms with van der Waals surface area (Å²) in [4.78, 5) is 13.3. The smallest absolute Gasteiger partial charge is 0.198 e. The minimum atomic E-state index is 0.140. The van der Waals surface area contributed by atoms with Crippen molar-refractivity contribution in [2.24, 2.45) is 0 Å². The van der Waals surface area contributed by atoms with Gasteiger partial charge in [-0.2, -0.15) is 0 Å². The van der Waals surface area contributed by atoms with Gasteiger partial charge in [-0.05, 0) is 24.3 Å². The third-order valence-electron chi connectivity index (χ3n) is 4.94. The van der Waals surface area contributed by atoms with Gasteiger partial charge in [0.15, 0.2) is 5.43 Å². The molecular weight excluding hydrogens is 314 g/mol. The van der Waals surface area contributed by atoms with Gasteiger partial charge in [0.2, 0.25) is 0 Å². The topological polar surface area (TPSA) is 21.5 Å². The summed E-state index contributed by atoms with van der Waals surface area (Å²) >= 11 is 1.71. The van der Waals surface area contributed by atoms with E-state index in [0.29, 0.717) is 0 Å². The molecule has 0 amide bonds. The number of nitrogens with zero attached hydrogens (tertiary/aromatic N) is 1. The van der Waals surface area contributed by atoms with E-state index < -0.39 is 0 Å². The van der Waals surface area contributed by atoms with Crippen LogP contribution in [0.3, 0.4) is 0 Å². The van der Waals surface area contributed by atoms with Crippen LogP contribution in [0, 0.1) is 0 Å². The maximum absolute atomic E-state index is 13.3. The normalized spacial score (nSPS) is 12.3. The van der Waals surface area contributed by atoms with Crippen LogP contribution in [0.5, 0.6) is 0 Å². The first kappa shape index (κ1) is 12.5. The molecule has 0 bridgehead atoms. The van der Waals surface area contributed by atoms with Crippen molar-refractivity contribution in [2.75, 3.05) is 0 Å². The molecule has 0 spiro atoms. The van der Waals surface area contributed by atoms with Gasteiger partial charge in [-0.3, -0.25) is 4.79 Å². The average Bonchev–Trinajstić information content (AvgIpc) is 3.14. The zero-order valence-electron chi connectivity index (χ0n) is 12.6. The molecule has 4 aromatic heterocycles. The van der Waals surface area contributed by atoms with Crippen LogP contribution in [0.2, 0.25) is 0 Å². The van der Waals surface area contributed by atoms with E-state index in [9.17, 15) is 4.79 Å². The number of pyridine rings is 1. The zero-order chi connectivity index (χ0) is 15.8. The summed E-state index contributed by atoms with van der Waals surface area (Å²) in [6.45, 7) is 0. The summed E-state index contributed by atoms with van der Waals surface area (Å²) in [7, 11) is 0. The number of aromatic nitrogens is 1. The largest absolute Gasteiger partial charge is 0.307 e. The van der Waals surface area contributed by atoms with Crippen LogP contribution in [-0.4, -0.2) is 4.40 Å². The number of rotatable bonds is 0. The highest BCUT2D eigenvalue weighted by molar-refractivity contribution is 7.25. The van der Waals surface area contributed by atoms with Gasteiger partial charge < -0.3 is 4.40 Å². The Bertz CT molecular complexity index is 1470. The fourth-order valence-corrected chi connectivity index (χ4v) is 5.15. The summed E-state index contributed by atoms with van der Waals surface area (Å²) in [6.07, 6.45) is 0. The minimum absolute atomic E-state index is 0.140. The summed E-state index contributed by atoms with van der Waals surface area (Å²) in [6, 6.07) is 22.6. The molecule has 0 radical (unpaired) electrons. The molecule has 0 unspecified atom stereocenters. The second-order valence-corrected chi connectivity index (χ2v) is 7.21. The summed E-state index contributed by atoms with van der Waals surface area (Å²) in [5.74, 6) is 0. The highest BCUT2D eigenvalue weighted by Gasteiger charge is 2.20. The molecule has 2 nitrogen and oxygen atoms in total. The van der Waals surface area contributed by atoms with Crippen molar-refractivity contribution in [3.05, 3.63) is 77.0 Å². The van der Waals surface area contributed by atoms with Gasteiger partial charge in [0.25, 0.3) is 0 Å². The van der Waals surface area contributed by atoms with Crippen LogP contribution in [0.25, 0.3) is 47.5 Å². The molecule has 4 heterocycles. The SMILES string of the molecule is O=c1c2ccccc2sc2c1c1c3ccccc3c3cccc2n31. The Labute approximate surface area is 140 Å². The van der Waals surface area contributed by atoms with Crippen LogP contribution in [-0.2, 0) is 0 Å². The molecule has 0 saturated carbocycles. The van der Waals surface area contributed by atoms with Gasteiger partial charge in [0.05, 0.1) is 26.6 Å². The minimum Gasteiger partial charge on any atom is -0.307 e. The van der Waals surface area contributed by atoms with E-state index in [1.807, 2.05) is 30.3 Å². The first-order chi connectivity index (χ1) is 11.8. The molecule has 6 rings (SSSR count). The Morgan fingerprint density at radius 1 is 0.708 bits per heavy atom. The zero-order valence-corrected chi connectivity index (χ0v) is 13.4. The van der Waals surface area contributed by atoms with Crippen LogP contribution in [0.15, 0.2) is 71.5 Å². The standard InChI is InChI=1S/C21H11NOS/c23-20-14-8-3-4-11-17(14)24-21-16-10-5-9-15-12-6-1-2-7-13(12)19(18(20)21)22(15)16/h1-11H. The van der Waals surface area contributed by atoms with Crippen LogP contribution < -0.4 is 5.43 Å². The Hall–Kier alpha value is -2.91. The lowest BCUT2D eigenvalue weighted by molar-refractivity contribution is 1.36. The Morgan fingerprint density at radius 3 is 2.29 bits per heavy atom. The van der Waals surface area contributed by atoms with Gasteiger partial charge >= 0.3 is 0 Å². The number of benzene rings is 2. The third-order valence-corrected chi connectivity index (χ3v) is 6.13. The van der Waals surface area contributed by atoms with E-state index in [1.54, 1.807) is 11.3 Å². The predicted octanol–water partition coefficient (Wildman–Crippen LogP) is 5.41. The summed E-state index contributed by atoms with van der Waals surface area (Å²) in [5.41, 5.74) is 3.49. The van der Waals surface area contributed by atoms with Crippen molar-refractivity contribution in [1.82, 2.24) is 4.40 Å². The Kier molecular flexibility index (Phi) is 2.15. The fraction of sp³-hybridized carbons (Fsp3) is 0. The molecule has 0 atom stereocenters. The van der Waals surface area contributed by atoms with E-state index in [2.05, 4.69) is 40.8 Å². The Morgan fingerprint density at radius 2 is 1.42 bits per heavy atom. The van der Waals surface area contributed by atoms with Gasteiger partial charge in [-0.15, -0.1) is 11.3 Å². The lowest BCUT2D eigenvalue weighted by Gasteiger charge is -1.98. The highest BCUT2D eigenvalue weighted by atomic mass is 32.1. The molecule has 2 aromatic carbocycles. The fourth-order valence-electron chi connectivity index (χ4n) is 3.95. The number of fused-ring (bicyclic) bond motifs is 7. The molecule has 0 saturated heterocycles. The maximum Gasteiger partial charge on any atom is 0.198 e. The molecule has 6 aromatic rings. The molecule has 112 valence electrons. The Balaban J connectivity index is 2.10. The molecule has 24 heavy (non-hydrogen) atoms. The first-order valence-electron chi connectivity index (χ1n) is 7.93. The molecule has 0 aliphatic carbocycles. The van der Waals surface area contributed by atoms with Crippen molar-refractivity contribution in [2.45, 2.75) is 0 Å². The first-order valence-corrected chi connectivity index (χ1v) is 8.75. The number of hydrogen-bond acceptors (Lipinski definition) is 2. The molecule has 0 fully saturated rings. The van der Waals surface area contributed by atoms with Crippen molar-refractivity contribution < 1.29 is 0 Å². The predicted molar refractivity (Wildman–Crippen MR) is 103 cm³/mol.